The van der Waals surface area contributed by atoms with E-state index in [1.165, 1.54) is 6.92 Å². The summed E-state index contributed by atoms with van der Waals surface area (Å²) in [4.78, 5) is 21.8. The number of nitrogens with two attached hydrogens (primary N) is 1. The quantitative estimate of drug-likeness (QED) is 0.655. The number of carbonyl (C=O) groups is 2. The number of hydrogen-bond donors (Lipinski definition) is 1. The molecule has 1 aliphatic rings. The summed E-state index contributed by atoms with van der Waals surface area (Å²) in [5.74, 6) is -0.615. The normalized spacial score (nSPS) is 16.4. The molecule has 0 fully saturated rings. The Kier molecular flexibility index (Phi) is 2.43. The first-order chi connectivity index (χ1) is 5.63. The van der Waals surface area contributed by atoms with Crippen molar-refractivity contribution >= 4 is 11.7 Å². The fourth-order valence-corrected chi connectivity index (χ4v) is 1.24. The van der Waals surface area contributed by atoms with Crippen LogP contribution >= 0.6 is 0 Å². The first kappa shape index (κ1) is 8.71. The maximum absolute atomic E-state index is 11.0. The maximum atomic E-state index is 11.0. The van der Waals surface area contributed by atoms with Crippen LogP contribution in [0.25, 0.3) is 0 Å². The van der Waals surface area contributed by atoms with E-state index in [2.05, 4.69) is 0 Å². The van der Waals surface area contributed by atoms with Crippen LogP contribution in [0.4, 0.5) is 0 Å². The zero-order valence-electron chi connectivity index (χ0n) is 6.96. The van der Waals surface area contributed by atoms with E-state index >= 15 is 0 Å². The predicted octanol–water partition coefficient (Wildman–Crippen LogP) is 0.707. The molecule has 1 aliphatic carbocycles. The van der Waals surface area contributed by atoms with E-state index in [0.29, 0.717) is 11.1 Å². The Morgan fingerprint density at radius 2 is 1.75 bits per heavy atom. The monoisotopic (exact) mass is 165 g/mol. The number of Topliss-reactive ketones (excluding diaryl/α,β-unsaturated/α-hetero) is 1. The lowest BCUT2D eigenvalue weighted by Crippen LogP contribution is -2.19. The van der Waals surface area contributed by atoms with E-state index in [4.69, 9.17) is 5.73 Å². The van der Waals surface area contributed by atoms with Gasteiger partial charge in [0.25, 0.3) is 0 Å². The molecule has 0 aromatic heterocycles. The molecule has 0 atom stereocenters. The molecule has 0 saturated carbocycles. The summed E-state index contributed by atoms with van der Waals surface area (Å²) in [6.07, 6.45) is 5.09. The van der Waals surface area contributed by atoms with Crippen molar-refractivity contribution in [2.75, 3.05) is 0 Å². The van der Waals surface area contributed by atoms with E-state index < -0.39 is 5.91 Å². The van der Waals surface area contributed by atoms with Crippen LogP contribution in [0.15, 0.2) is 23.3 Å². The van der Waals surface area contributed by atoms with E-state index in [1.54, 1.807) is 12.2 Å². The Labute approximate surface area is 70.9 Å². The zero-order chi connectivity index (χ0) is 9.14. The highest BCUT2D eigenvalue weighted by Gasteiger charge is 2.16. The van der Waals surface area contributed by atoms with Gasteiger partial charge in [-0.3, -0.25) is 9.59 Å². The molecule has 0 bridgehead atoms. The molecule has 0 aromatic rings. The predicted molar refractivity (Wildman–Crippen MR) is 45.3 cm³/mol. The highest BCUT2D eigenvalue weighted by atomic mass is 16.1. The molecule has 0 unspecified atom stereocenters. The molecular formula is C9H11NO2. The van der Waals surface area contributed by atoms with Crippen molar-refractivity contribution < 1.29 is 9.59 Å². The van der Waals surface area contributed by atoms with E-state index in [1.807, 2.05) is 0 Å². The van der Waals surface area contributed by atoms with Crippen LogP contribution in [-0.4, -0.2) is 11.7 Å². The second kappa shape index (κ2) is 3.34. The van der Waals surface area contributed by atoms with Crippen molar-refractivity contribution in [3.05, 3.63) is 23.3 Å². The summed E-state index contributed by atoms with van der Waals surface area (Å²) in [6.45, 7) is 1.44. The molecule has 1 amide bonds. The van der Waals surface area contributed by atoms with E-state index in [-0.39, 0.29) is 5.78 Å². The minimum absolute atomic E-state index is 0.0975. The molecule has 0 radical (unpaired) electrons. The smallest absolute Gasteiger partial charge is 0.249 e. The summed E-state index contributed by atoms with van der Waals surface area (Å²) in [5.41, 5.74) is 5.93. The van der Waals surface area contributed by atoms with Gasteiger partial charge in [-0.15, -0.1) is 0 Å². The zero-order valence-corrected chi connectivity index (χ0v) is 6.96. The van der Waals surface area contributed by atoms with Gasteiger partial charge in [-0.25, -0.2) is 0 Å². The molecule has 3 heteroatoms. The average molecular weight is 165 g/mol. The Morgan fingerprint density at radius 1 is 1.25 bits per heavy atom. The van der Waals surface area contributed by atoms with Crippen molar-refractivity contribution in [1.82, 2.24) is 0 Å². The topological polar surface area (TPSA) is 60.2 Å². The fourth-order valence-electron chi connectivity index (χ4n) is 1.24. The molecule has 0 saturated heterocycles. The lowest BCUT2D eigenvalue weighted by molar-refractivity contribution is -0.117. The van der Waals surface area contributed by atoms with Crippen molar-refractivity contribution in [1.29, 1.82) is 0 Å². The summed E-state index contributed by atoms with van der Waals surface area (Å²) >= 11 is 0. The largest absolute Gasteiger partial charge is 0.366 e. The molecule has 1 rings (SSSR count). The average Bonchev–Trinajstić information content (AvgIpc) is 2.04. The van der Waals surface area contributed by atoms with E-state index in [9.17, 15) is 9.59 Å². The molecule has 0 heterocycles. The Morgan fingerprint density at radius 3 is 2.08 bits per heavy atom. The molecule has 0 aromatic carbocycles. The Bertz CT molecular complexity index is 257. The number of ketones is 1. The van der Waals surface area contributed by atoms with Crippen LogP contribution in [0.5, 0.6) is 0 Å². The van der Waals surface area contributed by atoms with Crippen LogP contribution in [0.3, 0.4) is 0 Å². The van der Waals surface area contributed by atoms with Gasteiger partial charge in [-0.2, -0.15) is 0 Å². The number of rotatable bonds is 2. The third-order valence-corrected chi connectivity index (χ3v) is 1.80. The second-order valence-corrected chi connectivity index (χ2v) is 2.73. The molecular weight excluding hydrogens is 154 g/mol. The number of primary amides is 1. The minimum atomic E-state index is -0.517. The second-order valence-electron chi connectivity index (χ2n) is 2.73. The standard InChI is InChI=1S/C9H11NO2/c1-6(11)7-4-2-3-5-8(7)9(10)12/h4-5H,2-3H2,1H3,(H2,10,12). The van der Waals surface area contributed by atoms with Crippen LogP contribution in [0.1, 0.15) is 19.8 Å². The molecule has 64 valence electrons. The van der Waals surface area contributed by atoms with Crippen molar-refractivity contribution in [3.8, 4) is 0 Å². The van der Waals surface area contributed by atoms with Crippen molar-refractivity contribution in [2.24, 2.45) is 5.73 Å². The fraction of sp³-hybridized carbons (Fsp3) is 0.333. The minimum Gasteiger partial charge on any atom is -0.366 e. The number of allylic oxidation sites excluding steroid dienone is 2. The Balaban J connectivity index is 2.98. The molecule has 2 N–H and O–H groups in total. The lowest BCUT2D eigenvalue weighted by Gasteiger charge is -2.09. The first-order valence-corrected chi connectivity index (χ1v) is 3.84. The number of hydrogen-bond acceptors (Lipinski definition) is 2. The van der Waals surface area contributed by atoms with Gasteiger partial charge in [0.1, 0.15) is 0 Å². The number of amides is 1. The van der Waals surface area contributed by atoms with Gasteiger partial charge >= 0.3 is 0 Å². The molecule has 0 aliphatic heterocycles. The summed E-state index contributed by atoms with van der Waals surface area (Å²) in [6, 6.07) is 0. The highest BCUT2D eigenvalue weighted by molar-refractivity contribution is 6.10. The molecule has 0 spiro atoms. The SMILES string of the molecule is CC(=O)C1=CCCC=C1C(N)=O. The van der Waals surface area contributed by atoms with Crippen LogP contribution in [0.2, 0.25) is 0 Å². The number of carbonyl (C=O) groups excluding carboxylic acids is 2. The lowest BCUT2D eigenvalue weighted by atomic mass is 9.95. The van der Waals surface area contributed by atoms with E-state index in [0.717, 1.165) is 12.8 Å². The van der Waals surface area contributed by atoms with Gasteiger partial charge in [0.2, 0.25) is 5.91 Å². The van der Waals surface area contributed by atoms with Crippen LogP contribution in [0, 0.1) is 0 Å². The maximum Gasteiger partial charge on any atom is 0.249 e. The van der Waals surface area contributed by atoms with Crippen molar-refractivity contribution in [3.63, 3.8) is 0 Å². The molecule has 3 nitrogen and oxygen atoms in total. The first-order valence-electron chi connectivity index (χ1n) is 3.84. The summed E-state index contributed by atoms with van der Waals surface area (Å²) < 4.78 is 0. The Hall–Kier alpha value is -1.38. The van der Waals surface area contributed by atoms with Gasteiger partial charge in [0, 0.05) is 11.1 Å². The van der Waals surface area contributed by atoms with Gasteiger partial charge < -0.3 is 5.73 Å². The van der Waals surface area contributed by atoms with Crippen LogP contribution < -0.4 is 5.73 Å². The van der Waals surface area contributed by atoms with Crippen molar-refractivity contribution in [2.45, 2.75) is 19.8 Å². The highest BCUT2D eigenvalue weighted by Crippen LogP contribution is 2.18. The third-order valence-electron chi connectivity index (χ3n) is 1.80. The van der Waals surface area contributed by atoms with Gasteiger partial charge in [0.05, 0.1) is 0 Å². The molecule has 12 heavy (non-hydrogen) atoms. The summed E-state index contributed by atoms with van der Waals surface area (Å²) in [5, 5.41) is 0. The van der Waals surface area contributed by atoms with Crippen LogP contribution in [-0.2, 0) is 9.59 Å². The van der Waals surface area contributed by atoms with Gasteiger partial charge in [0.15, 0.2) is 5.78 Å². The third kappa shape index (κ3) is 1.61. The van der Waals surface area contributed by atoms with Gasteiger partial charge in [-0.05, 0) is 19.8 Å². The summed E-state index contributed by atoms with van der Waals surface area (Å²) in [7, 11) is 0. The van der Waals surface area contributed by atoms with Gasteiger partial charge in [-0.1, -0.05) is 12.2 Å².